The van der Waals surface area contributed by atoms with Crippen LogP contribution in [0.1, 0.15) is 51.7 Å². The number of epoxide rings is 1. The fourth-order valence-electron chi connectivity index (χ4n) is 6.25. The second kappa shape index (κ2) is 5.79. The highest BCUT2D eigenvalue weighted by Gasteiger charge is 2.76. The van der Waals surface area contributed by atoms with Gasteiger partial charge in [0.15, 0.2) is 0 Å². The maximum atomic E-state index is 11.0. The molecule has 0 amide bonds. The third-order valence-corrected chi connectivity index (χ3v) is 8.07. The van der Waals surface area contributed by atoms with E-state index in [1.165, 1.54) is 6.26 Å². The molecular formula is C20H30O6. The molecule has 1 aliphatic heterocycles. The lowest BCUT2D eigenvalue weighted by Crippen LogP contribution is -2.70. The number of furan rings is 1. The molecule has 2 aliphatic carbocycles. The van der Waals surface area contributed by atoms with Crippen molar-refractivity contribution in [2.75, 3.05) is 6.61 Å². The Labute approximate surface area is 153 Å². The Bertz CT molecular complexity index is 655. The predicted molar refractivity (Wildman–Crippen MR) is 93.1 cm³/mol. The molecule has 0 bridgehead atoms. The van der Waals surface area contributed by atoms with Crippen molar-refractivity contribution in [1.29, 1.82) is 0 Å². The van der Waals surface area contributed by atoms with Crippen molar-refractivity contribution in [1.82, 2.24) is 0 Å². The highest BCUT2D eigenvalue weighted by Crippen LogP contribution is 2.68. The lowest BCUT2D eigenvalue weighted by atomic mass is 9.42. The number of rotatable bonds is 3. The van der Waals surface area contributed by atoms with E-state index in [1.54, 1.807) is 12.3 Å². The van der Waals surface area contributed by atoms with Crippen molar-refractivity contribution in [3.63, 3.8) is 0 Å². The molecule has 2 saturated carbocycles. The minimum atomic E-state index is -0.793. The maximum absolute atomic E-state index is 11.0. The second-order valence-electron chi connectivity index (χ2n) is 9.19. The lowest BCUT2D eigenvalue weighted by Gasteiger charge is -2.64. The van der Waals surface area contributed by atoms with E-state index >= 15 is 0 Å². The summed E-state index contributed by atoms with van der Waals surface area (Å²) in [7, 11) is 0. The van der Waals surface area contributed by atoms with E-state index in [4.69, 9.17) is 9.15 Å². The number of aliphatic hydroxyl groups is 4. The van der Waals surface area contributed by atoms with Crippen LogP contribution in [0.5, 0.6) is 0 Å². The molecule has 0 radical (unpaired) electrons. The molecule has 9 atom stereocenters. The quantitative estimate of drug-likeness (QED) is 0.606. The Morgan fingerprint density at radius 3 is 2.46 bits per heavy atom. The second-order valence-corrected chi connectivity index (χ2v) is 9.19. The Morgan fingerprint density at radius 2 is 1.88 bits per heavy atom. The zero-order valence-electron chi connectivity index (χ0n) is 15.6. The molecule has 3 aliphatic rings. The number of hydrogen-bond acceptors (Lipinski definition) is 6. The Kier molecular flexibility index (Phi) is 4.11. The first kappa shape index (κ1) is 18.4. The van der Waals surface area contributed by atoms with Gasteiger partial charge in [-0.25, -0.2) is 0 Å². The molecule has 1 aromatic heterocycles. The van der Waals surface area contributed by atoms with E-state index in [0.717, 1.165) is 0 Å². The zero-order valence-corrected chi connectivity index (χ0v) is 15.6. The van der Waals surface area contributed by atoms with E-state index in [0.29, 0.717) is 25.0 Å². The Balaban J connectivity index is 1.74. The number of fused-ring (bicyclic) bond motifs is 2. The van der Waals surface area contributed by atoms with Crippen molar-refractivity contribution < 1.29 is 29.6 Å². The van der Waals surface area contributed by atoms with Crippen LogP contribution in [-0.2, 0) is 4.74 Å². The average Bonchev–Trinajstić information content (AvgIpc) is 3.19. The minimum absolute atomic E-state index is 0.0952. The first-order valence-electron chi connectivity index (χ1n) is 9.55. The molecule has 9 unspecified atom stereocenters. The number of aliphatic hydroxyl groups excluding tert-OH is 4. The molecule has 146 valence electrons. The molecule has 6 heteroatoms. The zero-order chi connectivity index (χ0) is 18.9. The maximum Gasteiger partial charge on any atom is 0.126 e. The first-order chi connectivity index (χ1) is 12.2. The first-order valence-corrected chi connectivity index (χ1v) is 9.55. The molecule has 1 saturated heterocycles. The molecule has 26 heavy (non-hydrogen) atoms. The van der Waals surface area contributed by atoms with Crippen molar-refractivity contribution in [2.45, 2.75) is 70.1 Å². The molecule has 4 N–H and O–H groups in total. The monoisotopic (exact) mass is 366 g/mol. The van der Waals surface area contributed by atoms with Crippen molar-refractivity contribution >= 4 is 0 Å². The van der Waals surface area contributed by atoms with Gasteiger partial charge in [-0.3, -0.25) is 0 Å². The van der Waals surface area contributed by atoms with Gasteiger partial charge in [0.1, 0.15) is 5.60 Å². The molecule has 1 aromatic rings. The van der Waals surface area contributed by atoms with E-state index in [1.807, 2.05) is 6.92 Å². The summed E-state index contributed by atoms with van der Waals surface area (Å²) in [5.41, 5.74) is -1.27. The molecule has 2 heterocycles. The molecule has 1 spiro atoms. The van der Waals surface area contributed by atoms with Gasteiger partial charge in [0.05, 0.1) is 43.5 Å². The van der Waals surface area contributed by atoms with Gasteiger partial charge in [-0.05, 0) is 30.2 Å². The summed E-state index contributed by atoms with van der Waals surface area (Å²) in [4.78, 5) is 0. The van der Waals surface area contributed by atoms with E-state index < -0.39 is 40.8 Å². The van der Waals surface area contributed by atoms with Gasteiger partial charge in [-0.1, -0.05) is 20.8 Å². The average molecular weight is 366 g/mol. The van der Waals surface area contributed by atoms with Crippen LogP contribution >= 0.6 is 0 Å². The van der Waals surface area contributed by atoms with Gasteiger partial charge >= 0.3 is 0 Å². The molecule has 3 fully saturated rings. The summed E-state index contributed by atoms with van der Waals surface area (Å²) in [6, 6.07) is 1.75. The SMILES string of the molecule is CC1CC(O)C2(C)C(C(O)CC(O)C23CO3)C1(C)CC(O)c1ccoc1. The van der Waals surface area contributed by atoms with Crippen LogP contribution in [0.15, 0.2) is 23.0 Å². The normalized spacial score (nSPS) is 51.9. The largest absolute Gasteiger partial charge is 0.472 e. The predicted octanol–water partition coefficient (Wildman–Crippen LogP) is 1.63. The highest BCUT2D eigenvalue weighted by atomic mass is 16.6. The summed E-state index contributed by atoms with van der Waals surface area (Å²) < 4.78 is 10.9. The van der Waals surface area contributed by atoms with Crippen molar-refractivity contribution in [3.05, 3.63) is 24.2 Å². The Hall–Kier alpha value is -0.920. The lowest BCUT2D eigenvalue weighted by molar-refractivity contribution is -0.249. The summed E-state index contributed by atoms with van der Waals surface area (Å²) in [6.07, 6.45) is 1.38. The van der Waals surface area contributed by atoms with E-state index in [-0.39, 0.29) is 18.3 Å². The summed E-state index contributed by atoms with van der Waals surface area (Å²) in [5.74, 6) is -0.195. The van der Waals surface area contributed by atoms with Gasteiger partial charge in [0.2, 0.25) is 0 Å². The molecule has 6 nitrogen and oxygen atoms in total. The third kappa shape index (κ3) is 2.23. The molecule has 4 rings (SSSR count). The standard InChI is InChI=1S/C20H30O6/c1-11-6-15(23)19(3)17(13(21)7-16(24)20(19)10-26-20)18(11,2)8-14(22)12-4-5-25-9-12/h4-5,9,11,13-17,21-24H,6-8,10H2,1-3H3. The van der Waals surface area contributed by atoms with Crippen LogP contribution in [0.25, 0.3) is 0 Å². The fourth-order valence-corrected chi connectivity index (χ4v) is 6.25. The van der Waals surface area contributed by atoms with E-state index in [2.05, 4.69) is 13.8 Å². The van der Waals surface area contributed by atoms with Crippen molar-refractivity contribution in [2.24, 2.45) is 22.7 Å². The van der Waals surface area contributed by atoms with E-state index in [9.17, 15) is 20.4 Å². The van der Waals surface area contributed by atoms with Crippen LogP contribution < -0.4 is 0 Å². The Morgan fingerprint density at radius 1 is 1.19 bits per heavy atom. The van der Waals surface area contributed by atoms with Gasteiger partial charge in [-0.15, -0.1) is 0 Å². The topological polar surface area (TPSA) is 107 Å². The summed E-state index contributed by atoms with van der Waals surface area (Å²) in [5, 5.41) is 43.4. The van der Waals surface area contributed by atoms with Crippen LogP contribution in [0.4, 0.5) is 0 Å². The van der Waals surface area contributed by atoms with Gasteiger partial charge in [-0.2, -0.15) is 0 Å². The van der Waals surface area contributed by atoms with Gasteiger partial charge in [0.25, 0.3) is 0 Å². The van der Waals surface area contributed by atoms with Gasteiger partial charge in [0, 0.05) is 23.3 Å². The summed E-state index contributed by atoms with van der Waals surface area (Å²) in [6.45, 7) is 6.50. The highest BCUT2D eigenvalue weighted by molar-refractivity contribution is 5.24. The van der Waals surface area contributed by atoms with Crippen LogP contribution in [0.2, 0.25) is 0 Å². The van der Waals surface area contributed by atoms with Crippen LogP contribution in [0, 0.1) is 22.7 Å². The van der Waals surface area contributed by atoms with Crippen LogP contribution in [-0.4, -0.2) is 50.9 Å². The minimum Gasteiger partial charge on any atom is -0.472 e. The third-order valence-electron chi connectivity index (χ3n) is 8.07. The van der Waals surface area contributed by atoms with Crippen LogP contribution in [0.3, 0.4) is 0 Å². The van der Waals surface area contributed by atoms with Crippen molar-refractivity contribution in [3.8, 4) is 0 Å². The smallest absolute Gasteiger partial charge is 0.126 e. The fraction of sp³-hybridized carbons (Fsp3) is 0.800. The number of hydrogen-bond donors (Lipinski definition) is 4. The molecule has 0 aromatic carbocycles. The summed E-state index contributed by atoms with van der Waals surface area (Å²) >= 11 is 0. The number of ether oxygens (including phenoxy) is 1. The molecular weight excluding hydrogens is 336 g/mol. The van der Waals surface area contributed by atoms with Gasteiger partial charge < -0.3 is 29.6 Å².